The Hall–Kier alpha value is -2.09. The summed E-state index contributed by atoms with van der Waals surface area (Å²) in [7, 11) is 1.20. The van der Waals surface area contributed by atoms with Gasteiger partial charge in [-0.2, -0.15) is 0 Å². The van der Waals surface area contributed by atoms with Gasteiger partial charge < -0.3 is 10.1 Å². The van der Waals surface area contributed by atoms with Crippen molar-refractivity contribution in [3.63, 3.8) is 0 Å². The minimum Gasteiger partial charge on any atom is -0.465 e. The van der Waals surface area contributed by atoms with E-state index in [9.17, 15) is 23.7 Å². The fourth-order valence-electron chi connectivity index (χ4n) is 3.95. The predicted octanol–water partition coefficient (Wildman–Crippen LogP) is 3.22. The van der Waals surface area contributed by atoms with E-state index < -0.39 is 22.2 Å². The van der Waals surface area contributed by atoms with Gasteiger partial charge in [0.05, 0.1) is 17.6 Å². The standard InChI is InChI=1S/C16H18F2N2O4/c1-24-14(21)10-2-3-11(13(6-10)20(22)23)12-7-15(4-5-19-12)8-16(17,18)9-15/h2-3,6,12,19H,4-5,7-9H2,1H3. The van der Waals surface area contributed by atoms with E-state index in [1.807, 2.05) is 0 Å². The van der Waals surface area contributed by atoms with Crippen molar-refractivity contribution in [3.05, 3.63) is 39.4 Å². The molecule has 0 aromatic heterocycles. The average Bonchev–Trinajstić information content (AvgIpc) is 2.51. The number of hydrogen-bond acceptors (Lipinski definition) is 5. The maximum Gasteiger partial charge on any atom is 0.338 e. The average molecular weight is 340 g/mol. The molecule has 1 aliphatic heterocycles. The van der Waals surface area contributed by atoms with Crippen LogP contribution in [-0.4, -0.2) is 30.5 Å². The van der Waals surface area contributed by atoms with E-state index in [4.69, 9.17) is 0 Å². The number of carbonyl (C=O) groups is 1. The van der Waals surface area contributed by atoms with E-state index in [0.29, 0.717) is 24.9 Å². The summed E-state index contributed by atoms with van der Waals surface area (Å²) >= 11 is 0. The number of nitro benzene ring substituents is 1. The summed E-state index contributed by atoms with van der Waals surface area (Å²) in [6.07, 6.45) is 0.757. The maximum absolute atomic E-state index is 13.3. The number of esters is 1. The normalized spacial score (nSPS) is 24.2. The molecule has 0 radical (unpaired) electrons. The van der Waals surface area contributed by atoms with Gasteiger partial charge in [-0.25, -0.2) is 13.6 Å². The molecule has 1 aromatic rings. The van der Waals surface area contributed by atoms with Gasteiger partial charge in [-0.1, -0.05) is 0 Å². The van der Waals surface area contributed by atoms with E-state index in [1.54, 1.807) is 0 Å². The lowest BCUT2D eigenvalue weighted by Crippen LogP contribution is -2.52. The summed E-state index contributed by atoms with van der Waals surface area (Å²) in [6, 6.07) is 3.78. The van der Waals surface area contributed by atoms with E-state index in [-0.39, 0.29) is 30.1 Å². The second-order valence-electron chi connectivity index (χ2n) is 6.69. The Morgan fingerprint density at radius 2 is 2.12 bits per heavy atom. The van der Waals surface area contributed by atoms with Gasteiger partial charge in [0.1, 0.15) is 0 Å². The molecule has 8 heteroatoms. The van der Waals surface area contributed by atoms with Crippen LogP contribution in [0.2, 0.25) is 0 Å². The SMILES string of the molecule is COC(=O)c1ccc(C2CC3(CCN2)CC(F)(F)C3)c([N+](=O)[O-])c1. The van der Waals surface area contributed by atoms with Crippen LogP contribution in [0.15, 0.2) is 18.2 Å². The van der Waals surface area contributed by atoms with Gasteiger partial charge in [-0.3, -0.25) is 10.1 Å². The fourth-order valence-corrected chi connectivity index (χ4v) is 3.95. The third-order valence-corrected chi connectivity index (χ3v) is 4.97. The van der Waals surface area contributed by atoms with Gasteiger partial charge in [0.2, 0.25) is 5.92 Å². The largest absolute Gasteiger partial charge is 0.465 e. The number of halogens is 2. The first-order valence-electron chi connectivity index (χ1n) is 7.73. The highest BCUT2D eigenvalue weighted by Gasteiger charge is 2.57. The van der Waals surface area contributed by atoms with Crippen molar-refractivity contribution >= 4 is 11.7 Å². The summed E-state index contributed by atoms with van der Waals surface area (Å²) in [5.74, 6) is -3.28. The van der Waals surface area contributed by atoms with Crippen molar-refractivity contribution in [1.29, 1.82) is 0 Å². The van der Waals surface area contributed by atoms with Crippen LogP contribution in [0.3, 0.4) is 0 Å². The highest BCUT2D eigenvalue weighted by Crippen LogP contribution is 2.59. The molecule has 24 heavy (non-hydrogen) atoms. The van der Waals surface area contributed by atoms with Crippen molar-refractivity contribution < 1.29 is 23.2 Å². The maximum atomic E-state index is 13.3. The van der Waals surface area contributed by atoms with Gasteiger partial charge in [-0.15, -0.1) is 0 Å². The number of rotatable bonds is 3. The third-order valence-electron chi connectivity index (χ3n) is 4.97. The number of methoxy groups -OCH3 is 1. The minimum absolute atomic E-state index is 0.0913. The number of piperidine rings is 1. The lowest BCUT2D eigenvalue weighted by molar-refractivity contribution is -0.385. The lowest BCUT2D eigenvalue weighted by atomic mass is 9.59. The summed E-state index contributed by atoms with van der Waals surface area (Å²) in [5, 5.41) is 14.6. The number of nitrogens with one attached hydrogen (secondary N) is 1. The van der Waals surface area contributed by atoms with Crippen LogP contribution < -0.4 is 5.32 Å². The van der Waals surface area contributed by atoms with Crippen molar-refractivity contribution in [3.8, 4) is 0 Å². The molecule has 130 valence electrons. The second-order valence-corrected chi connectivity index (χ2v) is 6.69. The van der Waals surface area contributed by atoms with Gasteiger partial charge in [0.25, 0.3) is 5.69 Å². The zero-order chi connectivity index (χ0) is 17.5. The monoisotopic (exact) mass is 340 g/mol. The Labute approximate surface area is 137 Å². The summed E-state index contributed by atoms with van der Waals surface area (Å²) < 4.78 is 31.2. The molecule has 6 nitrogen and oxygen atoms in total. The topological polar surface area (TPSA) is 81.5 Å². The molecule has 1 aliphatic carbocycles. The molecule has 0 amide bonds. The van der Waals surface area contributed by atoms with Crippen LogP contribution in [0.5, 0.6) is 0 Å². The summed E-state index contributed by atoms with van der Waals surface area (Å²) in [4.78, 5) is 22.4. The molecular formula is C16H18F2N2O4. The zero-order valence-electron chi connectivity index (χ0n) is 13.2. The Balaban J connectivity index is 1.88. The van der Waals surface area contributed by atoms with Crippen LogP contribution in [0.25, 0.3) is 0 Å². The third kappa shape index (κ3) is 2.98. The van der Waals surface area contributed by atoms with Crippen LogP contribution >= 0.6 is 0 Å². The van der Waals surface area contributed by atoms with E-state index in [1.165, 1.54) is 25.3 Å². The number of hydrogen-bond donors (Lipinski definition) is 1. The molecule has 1 atom stereocenters. The summed E-state index contributed by atoms with van der Waals surface area (Å²) in [6.45, 7) is 0.538. The summed E-state index contributed by atoms with van der Waals surface area (Å²) in [5.41, 5.74) is -0.136. The molecule has 1 saturated heterocycles. The number of nitro groups is 1. The second kappa shape index (κ2) is 5.77. The Bertz CT molecular complexity index is 685. The van der Waals surface area contributed by atoms with Gasteiger partial charge in [0.15, 0.2) is 0 Å². The van der Waals surface area contributed by atoms with Crippen LogP contribution in [-0.2, 0) is 4.74 Å². The van der Waals surface area contributed by atoms with Crippen LogP contribution in [0, 0.1) is 15.5 Å². The highest BCUT2D eigenvalue weighted by molar-refractivity contribution is 5.90. The van der Waals surface area contributed by atoms with E-state index in [0.717, 1.165) is 0 Å². The Kier molecular flexibility index (Phi) is 4.03. The minimum atomic E-state index is -2.62. The quantitative estimate of drug-likeness (QED) is 0.519. The molecule has 1 unspecified atom stereocenters. The van der Waals surface area contributed by atoms with Crippen molar-refractivity contribution in [1.82, 2.24) is 5.32 Å². The molecule has 1 saturated carbocycles. The Morgan fingerprint density at radius 1 is 1.42 bits per heavy atom. The molecule has 1 heterocycles. The van der Waals surface area contributed by atoms with Crippen LogP contribution in [0.4, 0.5) is 14.5 Å². The lowest BCUT2D eigenvalue weighted by Gasteiger charge is -2.52. The first kappa shape index (κ1) is 16.8. The number of ether oxygens (including phenoxy) is 1. The van der Waals surface area contributed by atoms with E-state index in [2.05, 4.69) is 10.1 Å². The predicted molar refractivity (Wildman–Crippen MR) is 81.0 cm³/mol. The van der Waals surface area contributed by atoms with Gasteiger partial charge >= 0.3 is 5.97 Å². The first-order valence-corrected chi connectivity index (χ1v) is 7.73. The number of carbonyl (C=O) groups excluding carboxylic acids is 1. The van der Waals surface area contributed by atoms with Crippen molar-refractivity contribution in [2.24, 2.45) is 5.41 Å². The smallest absolute Gasteiger partial charge is 0.338 e. The highest BCUT2D eigenvalue weighted by atomic mass is 19.3. The molecule has 0 bridgehead atoms. The number of alkyl halides is 2. The Morgan fingerprint density at radius 3 is 2.71 bits per heavy atom. The van der Waals surface area contributed by atoms with Crippen molar-refractivity contribution in [2.75, 3.05) is 13.7 Å². The molecular weight excluding hydrogens is 322 g/mol. The molecule has 2 aliphatic rings. The van der Waals surface area contributed by atoms with Gasteiger partial charge in [0, 0.05) is 30.5 Å². The van der Waals surface area contributed by atoms with Crippen LogP contribution in [0.1, 0.15) is 47.6 Å². The van der Waals surface area contributed by atoms with Gasteiger partial charge in [-0.05, 0) is 36.9 Å². The fraction of sp³-hybridized carbons (Fsp3) is 0.562. The number of nitrogens with zero attached hydrogens (tertiary/aromatic N) is 1. The number of benzene rings is 1. The van der Waals surface area contributed by atoms with Crippen molar-refractivity contribution in [2.45, 2.75) is 37.6 Å². The molecule has 1 aromatic carbocycles. The molecule has 1 spiro atoms. The first-order chi connectivity index (χ1) is 11.3. The van der Waals surface area contributed by atoms with E-state index >= 15 is 0 Å². The molecule has 1 N–H and O–H groups in total. The molecule has 3 rings (SSSR count). The zero-order valence-corrected chi connectivity index (χ0v) is 13.2. The molecule has 2 fully saturated rings.